The van der Waals surface area contributed by atoms with Crippen molar-refractivity contribution in [1.29, 1.82) is 0 Å². The number of carbonyl (C=O) groups is 1. The van der Waals surface area contributed by atoms with Gasteiger partial charge in [0.1, 0.15) is 6.04 Å². The Morgan fingerprint density at radius 2 is 1.90 bits per heavy atom. The third-order valence-electron chi connectivity index (χ3n) is 2.99. The Kier molecular flexibility index (Phi) is 5.88. The van der Waals surface area contributed by atoms with Crippen molar-refractivity contribution >= 4 is 16.0 Å². The first-order valence-corrected chi connectivity index (χ1v) is 8.12. The number of benzene rings is 1. The summed E-state index contributed by atoms with van der Waals surface area (Å²) in [6, 6.07) is 7.66. The van der Waals surface area contributed by atoms with Gasteiger partial charge >= 0.3 is 5.97 Å². The van der Waals surface area contributed by atoms with E-state index in [0.717, 1.165) is 5.56 Å². The summed E-state index contributed by atoms with van der Waals surface area (Å²) in [5.74, 6) is -1.52. The molecule has 118 valence electrons. The number of aliphatic carboxylic acids is 1. The predicted molar refractivity (Wildman–Crippen MR) is 79.6 cm³/mol. The zero-order chi connectivity index (χ0) is 16.1. The third-order valence-corrected chi connectivity index (χ3v) is 4.71. The molecule has 0 aliphatic rings. The van der Waals surface area contributed by atoms with E-state index in [1.165, 1.54) is 7.11 Å². The first-order chi connectivity index (χ1) is 9.65. The van der Waals surface area contributed by atoms with E-state index in [9.17, 15) is 18.3 Å². The number of nitrogens with one attached hydrogen (secondary N) is 1. The molecule has 0 saturated carbocycles. The van der Waals surface area contributed by atoms with E-state index < -0.39 is 27.6 Å². The van der Waals surface area contributed by atoms with Crippen molar-refractivity contribution in [2.24, 2.45) is 0 Å². The van der Waals surface area contributed by atoms with Gasteiger partial charge in [-0.2, -0.15) is 0 Å². The summed E-state index contributed by atoms with van der Waals surface area (Å²) in [7, 11) is -2.36. The number of sulfonamides is 1. The van der Waals surface area contributed by atoms with Gasteiger partial charge in [-0.15, -0.1) is 0 Å². The molecule has 1 aromatic rings. The van der Waals surface area contributed by atoms with Crippen molar-refractivity contribution in [2.45, 2.75) is 31.9 Å². The molecule has 0 aliphatic carbocycles. The van der Waals surface area contributed by atoms with Crippen LogP contribution in [0.4, 0.5) is 0 Å². The second kappa shape index (κ2) is 7.02. The molecule has 0 spiro atoms. The fourth-order valence-electron chi connectivity index (χ4n) is 1.80. The lowest BCUT2D eigenvalue weighted by Gasteiger charge is -2.24. The van der Waals surface area contributed by atoms with Crippen molar-refractivity contribution in [1.82, 2.24) is 4.72 Å². The molecule has 7 heteroatoms. The maximum Gasteiger partial charge on any atom is 0.322 e. The molecular weight excluding hydrogens is 294 g/mol. The minimum atomic E-state index is -3.77. The molecule has 21 heavy (non-hydrogen) atoms. The summed E-state index contributed by atoms with van der Waals surface area (Å²) in [6.45, 7) is 3.25. The van der Waals surface area contributed by atoms with Crippen LogP contribution in [-0.4, -0.2) is 44.0 Å². The van der Waals surface area contributed by atoms with Crippen molar-refractivity contribution in [2.75, 3.05) is 12.9 Å². The highest BCUT2D eigenvalue weighted by atomic mass is 32.2. The molecule has 0 bridgehead atoms. The normalized spacial score (nSPS) is 13.9. The van der Waals surface area contributed by atoms with Crippen LogP contribution in [0.15, 0.2) is 30.3 Å². The van der Waals surface area contributed by atoms with Crippen molar-refractivity contribution in [3.05, 3.63) is 35.9 Å². The van der Waals surface area contributed by atoms with Gasteiger partial charge < -0.3 is 9.84 Å². The van der Waals surface area contributed by atoms with E-state index >= 15 is 0 Å². The first kappa shape index (κ1) is 17.6. The summed E-state index contributed by atoms with van der Waals surface area (Å²) in [5.41, 5.74) is -0.139. The average molecular weight is 315 g/mol. The van der Waals surface area contributed by atoms with Gasteiger partial charge in [-0.1, -0.05) is 30.3 Å². The summed E-state index contributed by atoms with van der Waals surface area (Å²) in [6.07, 6.45) is 0.0861. The Morgan fingerprint density at radius 1 is 1.33 bits per heavy atom. The maximum atomic E-state index is 12.1. The van der Waals surface area contributed by atoms with Gasteiger partial charge in [0.15, 0.2) is 0 Å². The molecule has 0 aliphatic heterocycles. The van der Waals surface area contributed by atoms with Gasteiger partial charge in [0.05, 0.1) is 11.4 Å². The topological polar surface area (TPSA) is 92.7 Å². The van der Waals surface area contributed by atoms with Crippen LogP contribution in [0.5, 0.6) is 0 Å². The number of carboxylic acids is 1. The van der Waals surface area contributed by atoms with E-state index in [0.29, 0.717) is 0 Å². The Bertz CT molecular complexity index is 568. The predicted octanol–water partition coefficient (Wildman–Crippen LogP) is 1.03. The minimum Gasteiger partial charge on any atom is -0.480 e. The zero-order valence-electron chi connectivity index (χ0n) is 12.4. The largest absolute Gasteiger partial charge is 0.480 e. The van der Waals surface area contributed by atoms with E-state index in [1.807, 2.05) is 6.07 Å². The zero-order valence-corrected chi connectivity index (χ0v) is 13.2. The van der Waals surface area contributed by atoms with Crippen molar-refractivity contribution in [3.8, 4) is 0 Å². The fraction of sp³-hybridized carbons (Fsp3) is 0.500. The molecule has 6 nitrogen and oxygen atoms in total. The van der Waals surface area contributed by atoms with Crippen LogP contribution in [-0.2, 0) is 26.0 Å². The highest BCUT2D eigenvalue weighted by Gasteiger charge is 2.30. The van der Waals surface area contributed by atoms with E-state index in [-0.39, 0.29) is 12.2 Å². The van der Waals surface area contributed by atoms with Gasteiger partial charge in [0, 0.05) is 7.11 Å². The summed E-state index contributed by atoms with van der Waals surface area (Å²) in [5, 5.41) is 9.20. The van der Waals surface area contributed by atoms with Crippen molar-refractivity contribution in [3.63, 3.8) is 0 Å². The number of ether oxygens (including phenoxy) is 1. The molecule has 0 heterocycles. The number of rotatable bonds is 8. The van der Waals surface area contributed by atoms with E-state index in [2.05, 4.69) is 4.72 Å². The van der Waals surface area contributed by atoms with Gasteiger partial charge in [0.25, 0.3) is 0 Å². The number of methoxy groups -OCH3 is 1. The van der Waals surface area contributed by atoms with Crippen LogP contribution in [0.2, 0.25) is 0 Å². The number of hydrogen-bond acceptors (Lipinski definition) is 4. The molecule has 0 saturated heterocycles. The lowest BCUT2D eigenvalue weighted by molar-refractivity contribution is -0.138. The van der Waals surface area contributed by atoms with Gasteiger partial charge in [-0.05, 0) is 25.8 Å². The second-order valence-corrected chi connectivity index (χ2v) is 7.18. The lowest BCUT2D eigenvalue weighted by atomic mass is 10.1. The third kappa shape index (κ3) is 6.24. The number of hydrogen-bond donors (Lipinski definition) is 2. The van der Waals surface area contributed by atoms with Crippen LogP contribution < -0.4 is 4.72 Å². The van der Waals surface area contributed by atoms with E-state index in [1.54, 1.807) is 38.1 Å². The molecular formula is C14H21NO5S. The highest BCUT2D eigenvalue weighted by molar-refractivity contribution is 7.89. The molecule has 0 fully saturated rings. The molecule has 2 N–H and O–H groups in total. The molecule has 1 atom stereocenters. The van der Waals surface area contributed by atoms with Crippen LogP contribution in [0, 0.1) is 0 Å². The Hall–Kier alpha value is -1.44. The summed E-state index contributed by atoms with van der Waals surface area (Å²) < 4.78 is 31.4. The lowest BCUT2D eigenvalue weighted by Crippen LogP contribution is -2.47. The Morgan fingerprint density at radius 3 is 2.38 bits per heavy atom. The van der Waals surface area contributed by atoms with Crippen LogP contribution in [0.3, 0.4) is 0 Å². The minimum absolute atomic E-state index is 0.0861. The fourth-order valence-corrected chi connectivity index (χ4v) is 3.54. The van der Waals surface area contributed by atoms with Crippen molar-refractivity contribution < 1.29 is 23.1 Å². The van der Waals surface area contributed by atoms with Gasteiger partial charge in [-0.3, -0.25) is 4.79 Å². The quantitative estimate of drug-likeness (QED) is 0.747. The summed E-state index contributed by atoms with van der Waals surface area (Å²) in [4.78, 5) is 11.3. The maximum absolute atomic E-state index is 12.1. The Labute approximate surface area is 125 Å². The molecule has 1 rings (SSSR count). The molecule has 1 aromatic carbocycles. The molecule has 0 amide bonds. The van der Waals surface area contributed by atoms with Gasteiger partial charge in [0.2, 0.25) is 10.0 Å². The first-order valence-electron chi connectivity index (χ1n) is 6.47. The molecule has 0 aromatic heterocycles. The monoisotopic (exact) mass is 315 g/mol. The van der Waals surface area contributed by atoms with Crippen LogP contribution >= 0.6 is 0 Å². The average Bonchev–Trinajstić information content (AvgIpc) is 2.37. The Balaban J connectivity index is 2.81. The van der Waals surface area contributed by atoms with Crippen LogP contribution in [0.1, 0.15) is 19.4 Å². The SMILES string of the molecule is COC(C)(C)CS(=O)(=O)N[C@@H](Cc1ccccc1)C(=O)O. The number of carboxylic acid groups (broad SMARTS) is 1. The van der Waals surface area contributed by atoms with Crippen LogP contribution in [0.25, 0.3) is 0 Å². The standard InChI is InChI=1S/C14H21NO5S/c1-14(2,20-3)10-21(18,19)15-12(13(16)17)9-11-7-5-4-6-8-11/h4-8,12,15H,9-10H2,1-3H3,(H,16,17)/t12-/m0/s1. The van der Waals surface area contributed by atoms with Gasteiger partial charge in [-0.25, -0.2) is 13.1 Å². The summed E-state index contributed by atoms with van der Waals surface area (Å²) >= 11 is 0. The second-order valence-electron chi connectivity index (χ2n) is 5.42. The highest BCUT2D eigenvalue weighted by Crippen LogP contribution is 2.12. The van der Waals surface area contributed by atoms with E-state index in [4.69, 9.17) is 4.74 Å². The molecule has 0 radical (unpaired) electrons. The molecule has 0 unspecified atom stereocenters. The smallest absolute Gasteiger partial charge is 0.322 e.